The topological polar surface area (TPSA) is 83.6 Å². The second kappa shape index (κ2) is 5.70. The summed E-state index contributed by atoms with van der Waals surface area (Å²) in [6.07, 6.45) is 3.16. The highest BCUT2D eigenvalue weighted by atomic mass is 32.2. The summed E-state index contributed by atoms with van der Waals surface area (Å²) in [5.41, 5.74) is 1.85. The SMILES string of the molecule is O=C(CSc1nc2ccccc2[nH]1)Nc1ncccn1. The van der Waals surface area contributed by atoms with Gasteiger partial charge < -0.3 is 4.98 Å². The summed E-state index contributed by atoms with van der Waals surface area (Å²) in [5.74, 6) is 0.391. The molecule has 0 saturated carbocycles. The van der Waals surface area contributed by atoms with E-state index in [2.05, 4.69) is 25.3 Å². The molecule has 0 radical (unpaired) electrons. The number of H-pyrrole nitrogens is 1. The van der Waals surface area contributed by atoms with Crippen molar-refractivity contribution in [1.82, 2.24) is 19.9 Å². The molecule has 0 saturated heterocycles. The molecule has 1 amide bonds. The van der Waals surface area contributed by atoms with Crippen LogP contribution in [0.3, 0.4) is 0 Å². The average Bonchev–Trinajstić information content (AvgIpc) is 2.89. The molecule has 100 valence electrons. The maximum absolute atomic E-state index is 11.7. The summed E-state index contributed by atoms with van der Waals surface area (Å²) < 4.78 is 0. The van der Waals surface area contributed by atoms with E-state index in [0.717, 1.165) is 16.2 Å². The van der Waals surface area contributed by atoms with Gasteiger partial charge in [-0.15, -0.1) is 0 Å². The number of imidazole rings is 1. The van der Waals surface area contributed by atoms with Gasteiger partial charge in [-0.2, -0.15) is 0 Å². The number of carbonyl (C=O) groups is 1. The predicted molar refractivity (Wildman–Crippen MR) is 77.5 cm³/mol. The van der Waals surface area contributed by atoms with Crippen LogP contribution in [0.15, 0.2) is 47.9 Å². The van der Waals surface area contributed by atoms with Gasteiger partial charge in [0.15, 0.2) is 5.16 Å². The highest BCUT2D eigenvalue weighted by molar-refractivity contribution is 7.99. The van der Waals surface area contributed by atoms with E-state index >= 15 is 0 Å². The third-order valence-corrected chi connectivity index (χ3v) is 3.40. The van der Waals surface area contributed by atoms with E-state index in [-0.39, 0.29) is 11.7 Å². The van der Waals surface area contributed by atoms with Crippen LogP contribution < -0.4 is 5.32 Å². The second-order valence-corrected chi connectivity index (χ2v) is 4.93. The lowest BCUT2D eigenvalue weighted by atomic mass is 10.3. The van der Waals surface area contributed by atoms with Crippen molar-refractivity contribution in [3.05, 3.63) is 42.7 Å². The standard InChI is InChI=1S/C13H11N5OS/c19-11(18-12-14-6-3-7-15-12)8-20-13-16-9-4-1-2-5-10(9)17-13/h1-7H,8H2,(H,16,17)(H,14,15,18,19). The zero-order valence-electron chi connectivity index (χ0n) is 10.4. The van der Waals surface area contributed by atoms with Gasteiger partial charge >= 0.3 is 0 Å². The lowest BCUT2D eigenvalue weighted by Gasteiger charge is -2.01. The molecule has 2 aromatic heterocycles. The number of nitrogens with one attached hydrogen (secondary N) is 2. The minimum absolute atomic E-state index is 0.165. The van der Waals surface area contributed by atoms with E-state index in [4.69, 9.17) is 0 Å². The molecule has 3 aromatic rings. The highest BCUT2D eigenvalue weighted by Gasteiger charge is 2.07. The Kier molecular flexibility index (Phi) is 3.60. The lowest BCUT2D eigenvalue weighted by molar-refractivity contribution is -0.113. The van der Waals surface area contributed by atoms with Crippen molar-refractivity contribution in [1.29, 1.82) is 0 Å². The highest BCUT2D eigenvalue weighted by Crippen LogP contribution is 2.19. The Morgan fingerprint density at radius 2 is 2.00 bits per heavy atom. The molecule has 3 rings (SSSR count). The summed E-state index contributed by atoms with van der Waals surface area (Å²) in [5, 5.41) is 3.34. The van der Waals surface area contributed by atoms with Crippen LogP contribution >= 0.6 is 11.8 Å². The minimum Gasteiger partial charge on any atom is -0.333 e. The van der Waals surface area contributed by atoms with Crippen LogP contribution in [-0.4, -0.2) is 31.6 Å². The van der Waals surface area contributed by atoms with E-state index in [1.54, 1.807) is 18.5 Å². The second-order valence-electron chi connectivity index (χ2n) is 3.97. The van der Waals surface area contributed by atoms with Gasteiger partial charge in [-0.25, -0.2) is 15.0 Å². The number of anilines is 1. The number of aromatic nitrogens is 4. The number of amides is 1. The van der Waals surface area contributed by atoms with Crippen LogP contribution in [0.2, 0.25) is 0 Å². The monoisotopic (exact) mass is 285 g/mol. The Morgan fingerprint density at radius 3 is 2.80 bits per heavy atom. The number of nitrogens with zero attached hydrogens (tertiary/aromatic N) is 3. The molecule has 1 aromatic carbocycles. The third kappa shape index (κ3) is 2.94. The van der Waals surface area contributed by atoms with Crippen LogP contribution in [0.25, 0.3) is 11.0 Å². The zero-order valence-corrected chi connectivity index (χ0v) is 11.2. The molecule has 6 nitrogen and oxygen atoms in total. The van der Waals surface area contributed by atoms with Crippen molar-refractivity contribution in [2.75, 3.05) is 11.1 Å². The van der Waals surface area contributed by atoms with E-state index in [1.165, 1.54) is 11.8 Å². The smallest absolute Gasteiger partial charge is 0.237 e. The number of benzene rings is 1. The Bertz CT molecular complexity index is 695. The molecule has 0 aliphatic rings. The van der Waals surface area contributed by atoms with E-state index in [1.807, 2.05) is 24.3 Å². The molecule has 0 bridgehead atoms. The normalized spacial score (nSPS) is 10.6. The van der Waals surface area contributed by atoms with Crippen LogP contribution in [0.5, 0.6) is 0 Å². The minimum atomic E-state index is -0.165. The summed E-state index contributed by atoms with van der Waals surface area (Å²) in [7, 11) is 0. The van der Waals surface area contributed by atoms with Gasteiger partial charge in [0.2, 0.25) is 11.9 Å². The van der Waals surface area contributed by atoms with Crippen molar-refractivity contribution in [2.24, 2.45) is 0 Å². The molecule has 0 aliphatic heterocycles. The zero-order chi connectivity index (χ0) is 13.8. The van der Waals surface area contributed by atoms with Gasteiger partial charge in [0.1, 0.15) is 0 Å². The van der Waals surface area contributed by atoms with Crippen molar-refractivity contribution in [2.45, 2.75) is 5.16 Å². The molecule has 0 aliphatic carbocycles. The third-order valence-electron chi connectivity index (χ3n) is 2.52. The summed E-state index contributed by atoms with van der Waals surface area (Å²) in [6.45, 7) is 0. The fourth-order valence-electron chi connectivity index (χ4n) is 1.66. The number of rotatable bonds is 4. The van der Waals surface area contributed by atoms with Gasteiger partial charge in [0.05, 0.1) is 16.8 Å². The quantitative estimate of drug-likeness (QED) is 0.717. The van der Waals surface area contributed by atoms with Crippen LogP contribution in [-0.2, 0) is 4.79 Å². The Labute approximate surface area is 119 Å². The lowest BCUT2D eigenvalue weighted by Crippen LogP contribution is -2.15. The number of fused-ring (bicyclic) bond motifs is 1. The van der Waals surface area contributed by atoms with Crippen LogP contribution in [0, 0.1) is 0 Å². The number of hydrogen-bond acceptors (Lipinski definition) is 5. The first-order chi connectivity index (χ1) is 9.81. The average molecular weight is 285 g/mol. The summed E-state index contributed by atoms with van der Waals surface area (Å²) in [4.78, 5) is 27.2. The molecule has 7 heteroatoms. The molecule has 2 N–H and O–H groups in total. The Balaban J connectivity index is 1.60. The molecular formula is C13H11N5OS. The number of para-hydroxylation sites is 2. The van der Waals surface area contributed by atoms with Crippen LogP contribution in [0.4, 0.5) is 5.95 Å². The van der Waals surface area contributed by atoms with E-state index < -0.39 is 0 Å². The first kappa shape index (κ1) is 12.6. The maximum Gasteiger partial charge on any atom is 0.237 e. The molecule has 0 fully saturated rings. The number of hydrogen-bond donors (Lipinski definition) is 2. The first-order valence-electron chi connectivity index (χ1n) is 5.96. The Hall–Kier alpha value is -2.41. The molecule has 0 atom stereocenters. The van der Waals surface area contributed by atoms with Crippen molar-refractivity contribution >= 4 is 34.7 Å². The van der Waals surface area contributed by atoms with Crippen molar-refractivity contribution in [3.63, 3.8) is 0 Å². The van der Waals surface area contributed by atoms with Gasteiger partial charge in [-0.3, -0.25) is 10.1 Å². The summed E-state index contributed by atoms with van der Waals surface area (Å²) >= 11 is 1.34. The van der Waals surface area contributed by atoms with Gasteiger partial charge in [-0.05, 0) is 18.2 Å². The van der Waals surface area contributed by atoms with Crippen molar-refractivity contribution < 1.29 is 4.79 Å². The van der Waals surface area contributed by atoms with Crippen LogP contribution in [0.1, 0.15) is 0 Å². The maximum atomic E-state index is 11.7. The number of thioether (sulfide) groups is 1. The van der Waals surface area contributed by atoms with E-state index in [0.29, 0.717) is 5.95 Å². The number of carbonyl (C=O) groups excluding carboxylic acids is 1. The fourth-order valence-corrected chi connectivity index (χ4v) is 2.34. The van der Waals surface area contributed by atoms with Crippen molar-refractivity contribution in [3.8, 4) is 0 Å². The molecule has 2 heterocycles. The van der Waals surface area contributed by atoms with E-state index in [9.17, 15) is 4.79 Å². The Morgan fingerprint density at radius 1 is 1.20 bits per heavy atom. The largest absolute Gasteiger partial charge is 0.333 e. The molecule has 0 unspecified atom stereocenters. The van der Waals surface area contributed by atoms with Gasteiger partial charge in [0.25, 0.3) is 0 Å². The fraction of sp³-hybridized carbons (Fsp3) is 0.0769. The molecule has 20 heavy (non-hydrogen) atoms. The number of aromatic amines is 1. The van der Waals surface area contributed by atoms with Gasteiger partial charge in [-0.1, -0.05) is 23.9 Å². The molecular weight excluding hydrogens is 274 g/mol. The first-order valence-corrected chi connectivity index (χ1v) is 6.94. The molecule has 0 spiro atoms. The predicted octanol–water partition coefficient (Wildman–Crippen LogP) is 2.08. The summed E-state index contributed by atoms with van der Waals surface area (Å²) in [6, 6.07) is 9.43. The van der Waals surface area contributed by atoms with Gasteiger partial charge in [0, 0.05) is 12.4 Å².